The second-order valence-corrected chi connectivity index (χ2v) is 4.21. The van der Waals surface area contributed by atoms with Crippen molar-refractivity contribution in [3.63, 3.8) is 0 Å². The van der Waals surface area contributed by atoms with Crippen LogP contribution in [0.4, 0.5) is 5.82 Å². The van der Waals surface area contributed by atoms with Crippen LogP contribution in [0, 0.1) is 0 Å². The van der Waals surface area contributed by atoms with Gasteiger partial charge in [0.2, 0.25) is 5.88 Å². The zero-order valence-electron chi connectivity index (χ0n) is 9.49. The van der Waals surface area contributed by atoms with Gasteiger partial charge in [-0.2, -0.15) is 4.98 Å². The van der Waals surface area contributed by atoms with Crippen molar-refractivity contribution in [2.45, 2.75) is 26.4 Å². The van der Waals surface area contributed by atoms with Gasteiger partial charge in [-0.05, 0) is 26.8 Å². The summed E-state index contributed by atoms with van der Waals surface area (Å²) < 4.78 is 10.9. The maximum atomic E-state index is 5.51. The van der Waals surface area contributed by atoms with Gasteiger partial charge in [-0.3, -0.25) is 0 Å². The van der Waals surface area contributed by atoms with Gasteiger partial charge < -0.3 is 15.2 Å². The molecule has 0 atom stereocenters. The summed E-state index contributed by atoms with van der Waals surface area (Å²) in [5.41, 5.74) is 5.38. The summed E-state index contributed by atoms with van der Waals surface area (Å²) in [7, 11) is 0. The molecule has 15 heavy (non-hydrogen) atoms. The van der Waals surface area contributed by atoms with Gasteiger partial charge in [0, 0.05) is 6.07 Å². The summed E-state index contributed by atoms with van der Waals surface area (Å²) in [6.45, 7) is 7.04. The third-order valence-electron chi connectivity index (χ3n) is 1.61. The predicted octanol–water partition coefficient (Wildman–Crippen LogP) is 1.86. The Morgan fingerprint density at radius 1 is 1.27 bits per heavy atom. The first-order valence-electron chi connectivity index (χ1n) is 4.97. The molecule has 1 aromatic heterocycles. The molecular formula is C11H18N2O2. The summed E-state index contributed by atoms with van der Waals surface area (Å²) in [4.78, 5) is 4.01. The van der Waals surface area contributed by atoms with Crippen LogP contribution >= 0.6 is 0 Å². The lowest BCUT2D eigenvalue weighted by atomic mass is 10.2. The lowest BCUT2D eigenvalue weighted by molar-refractivity contribution is -0.0167. The highest BCUT2D eigenvalue weighted by Gasteiger charge is 2.09. The van der Waals surface area contributed by atoms with Crippen LogP contribution in [0.5, 0.6) is 5.88 Å². The Bertz CT molecular complexity index is 308. The molecule has 2 N–H and O–H groups in total. The van der Waals surface area contributed by atoms with E-state index < -0.39 is 0 Å². The van der Waals surface area contributed by atoms with Gasteiger partial charge in [-0.1, -0.05) is 6.07 Å². The first kappa shape index (κ1) is 11.8. The van der Waals surface area contributed by atoms with Crippen LogP contribution in [0.25, 0.3) is 0 Å². The molecule has 0 saturated carbocycles. The predicted molar refractivity (Wildman–Crippen MR) is 59.8 cm³/mol. The molecule has 0 aliphatic heterocycles. The molecule has 0 aromatic carbocycles. The number of hydrogen-bond donors (Lipinski definition) is 1. The zero-order valence-corrected chi connectivity index (χ0v) is 9.49. The maximum absolute atomic E-state index is 5.51. The molecule has 4 heteroatoms. The van der Waals surface area contributed by atoms with Crippen molar-refractivity contribution in [2.75, 3.05) is 18.9 Å². The number of rotatable bonds is 4. The molecule has 0 saturated heterocycles. The molecule has 0 unspecified atom stereocenters. The average molecular weight is 210 g/mol. The fourth-order valence-corrected chi connectivity index (χ4v) is 1.01. The number of ether oxygens (including phenoxy) is 2. The Morgan fingerprint density at radius 2 is 2.00 bits per heavy atom. The molecule has 0 amide bonds. The Hall–Kier alpha value is -1.29. The number of aromatic nitrogens is 1. The van der Waals surface area contributed by atoms with Gasteiger partial charge in [0.15, 0.2) is 0 Å². The van der Waals surface area contributed by atoms with Crippen LogP contribution in [-0.4, -0.2) is 23.8 Å². The Kier molecular flexibility index (Phi) is 3.91. The molecule has 1 heterocycles. The number of nitrogens with zero attached hydrogens (tertiary/aromatic N) is 1. The molecule has 0 aliphatic carbocycles. The molecule has 84 valence electrons. The van der Waals surface area contributed by atoms with Gasteiger partial charge in [0.05, 0.1) is 12.2 Å². The zero-order chi connectivity index (χ0) is 11.3. The van der Waals surface area contributed by atoms with E-state index in [1.807, 2.05) is 26.8 Å². The van der Waals surface area contributed by atoms with E-state index >= 15 is 0 Å². The van der Waals surface area contributed by atoms with E-state index in [-0.39, 0.29) is 5.60 Å². The summed E-state index contributed by atoms with van der Waals surface area (Å²) in [6.07, 6.45) is 0. The topological polar surface area (TPSA) is 57.4 Å². The molecule has 0 spiro atoms. The quantitative estimate of drug-likeness (QED) is 0.771. The van der Waals surface area contributed by atoms with Crippen LogP contribution in [0.2, 0.25) is 0 Å². The van der Waals surface area contributed by atoms with Crippen molar-refractivity contribution in [3.8, 4) is 5.88 Å². The standard InChI is InChI=1S/C11H18N2O2/c1-11(2,3)15-8-7-14-10-6-4-5-9(12)13-10/h4-6H,7-8H2,1-3H3,(H2,12,13). The third-order valence-corrected chi connectivity index (χ3v) is 1.61. The number of pyridine rings is 1. The largest absolute Gasteiger partial charge is 0.475 e. The van der Waals surface area contributed by atoms with E-state index in [9.17, 15) is 0 Å². The van der Waals surface area contributed by atoms with Crippen molar-refractivity contribution in [1.82, 2.24) is 4.98 Å². The molecule has 0 aliphatic rings. The summed E-state index contributed by atoms with van der Waals surface area (Å²) in [5, 5.41) is 0. The fourth-order valence-electron chi connectivity index (χ4n) is 1.01. The molecule has 0 fully saturated rings. The summed E-state index contributed by atoms with van der Waals surface area (Å²) in [6, 6.07) is 5.30. The second-order valence-electron chi connectivity index (χ2n) is 4.21. The van der Waals surface area contributed by atoms with Crippen molar-refractivity contribution in [3.05, 3.63) is 18.2 Å². The van der Waals surface area contributed by atoms with E-state index in [4.69, 9.17) is 15.2 Å². The second kappa shape index (κ2) is 4.98. The molecular weight excluding hydrogens is 192 g/mol. The van der Waals surface area contributed by atoms with E-state index in [1.54, 1.807) is 12.1 Å². The first-order valence-corrected chi connectivity index (χ1v) is 4.97. The van der Waals surface area contributed by atoms with Crippen LogP contribution in [0.3, 0.4) is 0 Å². The van der Waals surface area contributed by atoms with Crippen molar-refractivity contribution < 1.29 is 9.47 Å². The number of anilines is 1. The van der Waals surface area contributed by atoms with Crippen LogP contribution in [0.15, 0.2) is 18.2 Å². The van der Waals surface area contributed by atoms with Gasteiger partial charge in [0.1, 0.15) is 12.4 Å². The molecule has 4 nitrogen and oxygen atoms in total. The first-order chi connectivity index (χ1) is 6.97. The van der Waals surface area contributed by atoms with E-state index in [0.717, 1.165) is 0 Å². The lowest BCUT2D eigenvalue weighted by Gasteiger charge is -2.19. The minimum atomic E-state index is -0.132. The Balaban J connectivity index is 2.26. The highest BCUT2D eigenvalue weighted by Crippen LogP contribution is 2.09. The lowest BCUT2D eigenvalue weighted by Crippen LogP contribution is -2.22. The number of hydrogen-bond acceptors (Lipinski definition) is 4. The normalized spacial score (nSPS) is 11.4. The third kappa shape index (κ3) is 5.22. The maximum Gasteiger partial charge on any atom is 0.215 e. The number of nitrogens with two attached hydrogens (primary N) is 1. The minimum Gasteiger partial charge on any atom is -0.475 e. The Labute approximate surface area is 90.4 Å². The highest BCUT2D eigenvalue weighted by molar-refractivity contribution is 5.30. The van der Waals surface area contributed by atoms with Gasteiger partial charge in [0.25, 0.3) is 0 Å². The molecule has 0 radical (unpaired) electrons. The average Bonchev–Trinajstić information content (AvgIpc) is 2.11. The van der Waals surface area contributed by atoms with Crippen LogP contribution < -0.4 is 10.5 Å². The smallest absolute Gasteiger partial charge is 0.215 e. The van der Waals surface area contributed by atoms with Crippen molar-refractivity contribution in [2.24, 2.45) is 0 Å². The monoisotopic (exact) mass is 210 g/mol. The van der Waals surface area contributed by atoms with Gasteiger partial charge >= 0.3 is 0 Å². The van der Waals surface area contributed by atoms with E-state index in [2.05, 4.69) is 4.98 Å². The fraction of sp³-hybridized carbons (Fsp3) is 0.545. The SMILES string of the molecule is CC(C)(C)OCCOc1cccc(N)n1. The van der Waals surface area contributed by atoms with Crippen LogP contribution in [-0.2, 0) is 4.74 Å². The van der Waals surface area contributed by atoms with Gasteiger partial charge in [-0.15, -0.1) is 0 Å². The molecule has 1 aromatic rings. The van der Waals surface area contributed by atoms with E-state index in [1.165, 1.54) is 0 Å². The number of nitrogen functional groups attached to an aromatic ring is 1. The highest BCUT2D eigenvalue weighted by atomic mass is 16.5. The summed E-state index contributed by atoms with van der Waals surface area (Å²) >= 11 is 0. The summed E-state index contributed by atoms with van der Waals surface area (Å²) in [5.74, 6) is 0.997. The van der Waals surface area contributed by atoms with E-state index in [0.29, 0.717) is 24.9 Å². The molecule has 0 bridgehead atoms. The van der Waals surface area contributed by atoms with Gasteiger partial charge in [-0.25, -0.2) is 0 Å². The Morgan fingerprint density at radius 3 is 2.60 bits per heavy atom. The van der Waals surface area contributed by atoms with Crippen molar-refractivity contribution >= 4 is 5.82 Å². The van der Waals surface area contributed by atoms with Crippen molar-refractivity contribution in [1.29, 1.82) is 0 Å². The minimum absolute atomic E-state index is 0.132. The van der Waals surface area contributed by atoms with Crippen LogP contribution in [0.1, 0.15) is 20.8 Å². The molecule has 1 rings (SSSR count).